The number of rotatable bonds is 8. The third-order valence-corrected chi connectivity index (χ3v) is 6.35. The van der Waals surface area contributed by atoms with Crippen molar-refractivity contribution in [2.45, 2.75) is 50.3 Å². The van der Waals surface area contributed by atoms with Gasteiger partial charge in [0.2, 0.25) is 0 Å². The van der Waals surface area contributed by atoms with Crippen molar-refractivity contribution in [3.63, 3.8) is 0 Å². The van der Waals surface area contributed by atoms with Gasteiger partial charge in [0.05, 0.1) is 20.0 Å². The molecule has 6 heteroatoms. The van der Waals surface area contributed by atoms with Gasteiger partial charge in [0.15, 0.2) is 5.76 Å². The number of carbonyl (C=O) groups is 1. The van der Waals surface area contributed by atoms with Crippen LogP contribution in [0.5, 0.6) is 11.5 Å². The molecule has 0 fully saturated rings. The number of benzene rings is 2. The van der Waals surface area contributed by atoms with Crippen molar-refractivity contribution < 1.29 is 18.7 Å². The van der Waals surface area contributed by atoms with Crippen molar-refractivity contribution in [1.29, 1.82) is 0 Å². The van der Waals surface area contributed by atoms with Gasteiger partial charge in [-0.2, -0.15) is 0 Å². The summed E-state index contributed by atoms with van der Waals surface area (Å²) in [7, 11) is 3.20. The third kappa shape index (κ3) is 6.10. The van der Waals surface area contributed by atoms with Crippen LogP contribution in [0.4, 0.5) is 0 Å². The van der Waals surface area contributed by atoms with Gasteiger partial charge in [0.1, 0.15) is 17.3 Å². The number of amides is 1. The first-order valence-electron chi connectivity index (χ1n) is 10.5. The molecule has 170 valence electrons. The van der Waals surface area contributed by atoms with Gasteiger partial charge in [-0.1, -0.05) is 32.9 Å². The van der Waals surface area contributed by atoms with E-state index >= 15 is 0 Å². The number of methoxy groups -OCH3 is 2. The zero-order valence-corrected chi connectivity index (χ0v) is 20.4. The first kappa shape index (κ1) is 23.8. The van der Waals surface area contributed by atoms with E-state index in [2.05, 4.69) is 51.2 Å². The number of nitrogens with one attached hydrogen (secondary N) is 1. The highest BCUT2D eigenvalue weighted by molar-refractivity contribution is 7.98. The molecular formula is C26H31NO4S. The van der Waals surface area contributed by atoms with Gasteiger partial charge in [0.25, 0.3) is 5.91 Å². The van der Waals surface area contributed by atoms with Crippen LogP contribution < -0.4 is 14.8 Å². The van der Waals surface area contributed by atoms with Crippen LogP contribution >= 0.6 is 11.8 Å². The lowest BCUT2D eigenvalue weighted by Crippen LogP contribution is -2.22. The number of hydrogen-bond donors (Lipinski definition) is 1. The lowest BCUT2D eigenvalue weighted by molar-refractivity contribution is 0.0921. The average Bonchev–Trinajstić information content (AvgIpc) is 3.25. The molecule has 1 amide bonds. The van der Waals surface area contributed by atoms with E-state index in [0.717, 1.165) is 11.3 Å². The van der Waals surface area contributed by atoms with Crippen LogP contribution in [0.1, 0.15) is 53.8 Å². The van der Waals surface area contributed by atoms with Gasteiger partial charge in [-0.25, -0.2) is 0 Å². The van der Waals surface area contributed by atoms with E-state index in [1.807, 2.05) is 18.2 Å². The van der Waals surface area contributed by atoms with Crippen LogP contribution in [0.15, 0.2) is 57.8 Å². The van der Waals surface area contributed by atoms with Crippen LogP contribution in [-0.4, -0.2) is 20.1 Å². The first-order valence-corrected chi connectivity index (χ1v) is 11.5. The molecule has 0 radical (unpaired) electrons. The van der Waals surface area contributed by atoms with Crippen LogP contribution in [0.2, 0.25) is 0 Å². The molecule has 0 aliphatic heterocycles. The SMILES string of the molecule is COc1cc(CNC(=O)c2ccc(CSc3cc(C(C)(C)C)ccc3C)o2)cc(OC)c1. The smallest absolute Gasteiger partial charge is 0.287 e. The van der Waals surface area contributed by atoms with E-state index in [9.17, 15) is 4.79 Å². The molecule has 0 atom stereocenters. The van der Waals surface area contributed by atoms with E-state index in [-0.39, 0.29) is 11.3 Å². The van der Waals surface area contributed by atoms with E-state index < -0.39 is 0 Å². The number of hydrogen-bond acceptors (Lipinski definition) is 5. The third-order valence-electron chi connectivity index (χ3n) is 5.17. The van der Waals surface area contributed by atoms with Gasteiger partial charge in [-0.3, -0.25) is 4.79 Å². The van der Waals surface area contributed by atoms with Gasteiger partial charge >= 0.3 is 0 Å². The highest BCUT2D eigenvalue weighted by Gasteiger charge is 2.16. The molecule has 2 aromatic carbocycles. The maximum atomic E-state index is 12.5. The maximum Gasteiger partial charge on any atom is 0.287 e. The van der Waals surface area contributed by atoms with Crippen LogP contribution in [-0.2, 0) is 17.7 Å². The van der Waals surface area contributed by atoms with E-state index in [1.54, 1.807) is 38.1 Å². The highest BCUT2D eigenvalue weighted by Crippen LogP contribution is 2.32. The number of furan rings is 1. The fourth-order valence-corrected chi connectivity index (χ4v) is 4.15. The molecule has 0 unspecified atom stereocenters. The van der Waals surface area contributed by atoms with Crippen LogP contribution in [0.3, 0.4) is 0 Å². The zero-order chi connectivity index (χ0) is 23.3. The zero-order valence-electron chi connectivity index (χ0n) is 19.6. The summed E-state index contributed by atoms with van der Waals surface area (Å²) < 4.78 is 16.4. The maximum absolute atomic E-state index is 12.5. The number of carbonyl (C=O) groups excluding carboxylic acids is 1. The Morgan fingerprint density at radius 3 is 2.31 bits per heavy atom. The van der Waals surface area contributed by atoms with Gasteiger partial charge in [0, 0.05) is 17.5 Å². The molecule has 0 aliphatic rings. The lowest BCUT2D eigenvalue weighted by Gasteiger charge is -2.20. The second-order valence-corrected chi connectivity index (χ2v) is 9.71. The molecular weight excluding hydrogens is 422 g/mol. The molecule has 3 aromatic rings. The topological polar surface area (TPSA) is 60.7 Å². The molecule has 1 N–H and O–H groups in total. The van der Waals surface area contributed by atoms with Gasteiger partial charge in [-0.15, -0.1) is 11.8 Å². The van der Waals surface area contributed by atoms with Crippen molar-refractivity contribution >= 4 is 17.7 Å². The normalized spacial score (nSPS) is 11.3. The Kier molecular flexibility index (Phi) is 7.56. The summed E-state index contributed by atoms with van der Waals surface area (Å²) in [4.78, 5) is 13.8. The average molecular weight is 454 g/mol. The fourth-order valence-electron chi connectivity index (χ4n) is 3.19. The molecule has 0 saturated carbocycles. The summed E-state index contributed by atoms with van der Waals surface area (Å²) in [6.45, 7) is 9.10. The summed E-state index contributed by atoms with van der Waals surface area (Å²) in [6, 6.07) is 15.7. The Morgan fingerprint density at radius 2 is 1.69 bits per heavy atom. The second-order valence-electron chi connectivity index (χ2n) is 8.69. The predicted molar refractivity (Wildman–Crippen MR) is 129 cm³/mol. The van der Waals surface area contributed by atoms with Gasteiger partial charge in [-0.05, 0) is 59.4 Å². The Hall–Kier alpha value is -2.86. The monoisotopic (exact) mass is 453 g/mol. The summed E-state index contributed by atoms with van der Waals surface area (Å²) in [6.07, 6.45) is 0. The standard InChI is InChI=1S/C26H31NO4S/c1-17-7-8-19(26(2,3)4)13-24(17)32-16-20-9-10-23(31-20)25(28)27-15-18-11-21(29-5)14-22(12-18)30-6/h7-14H,15-16H2,1-6H3,(H,27,28). The minimum absolute atomic E-state index is 0.103. The first-order chi connectivity index (χ1) is 15.2. The Morgan fingerprint density at radius 1 is 1.00 bits per heavy atom. The molecule has 32 heavy (non-hydrogen) atoms. The molecule has 5 nitrogen and oxygen atoms in total. The van der Waals surface area contributed by atoms with Crippen LogP contribution in [0.25, 0.3) is 0 Å². The Bertz CT molecular complexity index is 1060. The largest absolute Gasteiger partial charge is 0.497 e. The Labute approximate surface area is 194 Å². The van der Waals surface area contributed by atoms with E-state index in [1.165, 1.54) is 16.0 Å². The molecule has 0 aliphatic carbocycles. The summed E-state index contributed by atoms with van der Waals surface area (Å²) in [5.41, 5.74) is 3.53. The van der Waals surface area contributed by atoms with Crippen molar-refractivity contribution in [3.8, 4) is 11.5 Å². The number of ether oxygens (including phenoxy) is 2. The Balaban J connectivity index is 1.61. The number of thioether (sulfide) groups is 1. The molecule has 3 rings (SSSR count). The quantitative estimate of drug-likeness (QED) is 0.416. The van der Waals surface area contributed by atoms with Crippen molar-refractivity contribution in [1.82, 2.24) is 5.32 Å². The predicted octanol–water partition coefficient (Wildman–Crippen LogP) is 6.13. The van der Waals surface area contributed by atoms with E-state index in [4.69, 9.17) is 13.9 Å². The minimum atomic E-state index is -0.256. The van der Waals surface area contributed by atoms with Crippen molar-refractivity contribution in [2.24, 2.45) is 0 Å². The summed E-state index contributed by atoms with van der Waals surface area (Å²) in [5, 5.41) is 2.89. The second kappa shape index (κ2) is 10.2. The molecule has 1 aromatic heterocycles. The molecule has 1 heterocycles. The summed E-state index contributed by atoms with van der Waals surface area (Å²) in [5.74, 6) is 2.83. The minimum Gasteiger partial charge on any atom is -0.497 e. The van der Waals surface area contributed by atoms with Crippen molar-refractivity contribution in [2.75, 3.05) is 14.2 Å². The highest BCUT2D eigenvalue weighted by atomic mass is 32.2. The fraction of sp³-hybridized carbons (Fsp3) is 0.346. The van der Waals surface area contributed by atoms with Crippen LogP contribution in [0, 0.1) is 6.92 Å². The molecule has 0 spiro atoms. The van der Waals surface area contributed by atoms with Crippen molar-refractivity contribution in [3.05, 3.63) is 76.7 Å². The number of aryl methyl sites for hydroxylation is 1. The van der Waals surface area contributed by atoms with E-state index in [0.29, 0.717) is 29.6 Å². The van der Waals surface area contributed by atoms with Gasteiger partial charge < -0.3 is 19.2 Å². The molecule has 0 saturated heterocycles. The molecule has 0 bridgehead atoms. The summed E-state index contributed by atoms with van der Waals surface area (Å²) >= 11 is 1.72. The lowest BCUT2D eigenvalue weighted by atomic mass is 9.87.